The fourth-order valence-electron chi connectivity index (χ4n) is 5.45. The van der Waals surface area contributed by atoms with E-state index >= 15 is 0 Å². The highest BCUT2D eigenvalue weighted by Crippen LogP contribution is 2.43. The van der Waals surface area contributed by atoms with Crippen LogP contribution < -0.4 is 5.32 Å². The Hall–Kier alpha value is -3.18. The Bertz CT molecular complexity index is 1260. The molecule has 0 spiro atoms. The molecule has 2 atom stereocenters. The van der Waals surface area contributed by atoms with E-state index in [1.807, 2.05) is 12.3 Å². The van der Waals surface area contributed by atoms with Crippen molar-refractivity contribution in [3.63, 3.8) is 0 Å². The van der Waals surface area contributed by atoms with Crippen LogP contribution >= 0.6 is 12.2 Å². The predicted octanol–water partition coefficient (Wildman–Crippen LogP) is 5.94. The minimum Gasteiger partial charge on any atom is -0.352 e. The first kappa shape index (κ1) is 19.5. The van der Waals surface area contributed by atoms with Gasteiger partial charge in [0.05, 0.1) is 17.8 Å². The number of thiocarbonyl (C=S) groups is 1. The van der Waals surface area contributed by atoms with Crippen molar-refractivity contribution in [2.24, 2.45) is 0 Å². The van der Waals surface area contributed by atoms with Gasteiger partial charge in [0.2, 0.25) is 0 Å². The lowest BCUT2D eigenvalue weighted by Crippen LogP contribution is -2.38. The highest BCUT2D eigenvalue weighted by Gasteiger charge is 2.44. The van der Waals surface area contributed by atoms with Crippen molar-refractivity contribution in [2.75, 3.05) is 0 Å². The molecule has 2 aromatic heterocycles. The summed E-state index contributed by atoms with van der Waals surface area (Å²) >= 11 is 5.91. The third-order valence-corrected chi connectivity index (χ3v) is 7.28. The third-order valence-electron chi connectivity index (χ3n) is 6.95. The quantitative estimate of drug-likeness (QED) is 0.400. The van der Waals surface area contributed by atoms with Gasteiger partial charge in [0.1, 0.15) is 0 Å². The van der Waals surface area contributed by atoms with Crippen LogP contribution in [0.15, 0.2) is 85.2 Å². The molecule has 3 heterocycles. The van der Waals surface area contributed by atoms with Crippen molar-refractivity contribution in [3.8, 4) is 5.69 Å². The molecule has 2 unspecified atom stereocenters. The highest BCUT2D eigenvalue weighted by atomic mass is 32.1. The molecule has 1 saturated heterocycles. The van der Waals surface area contributed by atoms with Crippen LogP contribution in [0.1, 0.15) is 49.2 Å². The second-order valence-corrected chi connectivity index (χ2v) is 9.19. The highest BCUT2D eigenvalue weighted by molar-refractivity contribution is 7.80. The zero-order valence-electron chi connectivity index (χ0n) is 17.9. The van der Waals surface area contributed by atoms with Gasteiger partial charge in [-0.25, -0.2) is 0 Å². The van der Waals surface area contributed by atoms with Crippen molar-refractivity contribution in [3.05, 3.63) is 96.6 Å². The lowest BCUT2D eigenvalue weighted by Gasteiger charge is -2.33. The lowest BCUT2D eigenvalue weighted by molar-refractivity contribution is 0.239. The molecule has 4 nitrogen and oxygen atoms in total. The molecule has 0 radical (unpaired) electrons. The average molecular weight is 439 g/mol. The van der Waals surface area contributed by atoms with Gasteiger partial charge in [0.25, 0.3) is 0 Å². The van der Waals surface area contributed by atoms with Crippen LogP contribution in [0, 0.1) is 0 Å². The molecule has 32 heavy (non-hydrogen) atoms. The number of pyridine rings is 1. The molecule has 0 amide bonds. The van der Waals surface area contributed by atoms with Crippen LogP contribution in [-0.2, 0) is 0 Å². The van der Waals surface area contributed by atoms with Gasteiger partial charge in [0, 0.05) is 29.8 Å². The zero-order valence-corrected chi connectivity index (χ0v) is 18.7. The first-order chi connectivity index (χ1) is 15.8. The Morgan fingerprint density at radius 1 is 0.875 bits per heavy atom. The molecule has 1 saturated carbocycles. The smallest absolute Gasteiger partial charge is 0.170 e. The van der Waals surface area contributed by atoms with E-state index in [1.165, 1.54) is 47.8 Å². The fraction of sp³-hybridized carbons (Fsp3) is 0.259. The van der Waals surface area contributed by atoms with Gasteiger partial charge >= 0.3 is 0 Å². The lowest BCUT2D eigenvalue weighted by atomic mass is 9.99. The maximum atomic E-state index is 5.91. The Morgan fingerprint density at radius 2 is 1.69 bits per heavy atom. The summed E-state index contributed by atoms with van der Waals surface area (Å²) in [5, 5.41) is 6.98. The van der Waals surface area contributed by atoms with Gasteiger partial charge in [0.15, 0.2) is 5.11 Å². The van der Waals surface area contributed by atoms with Gasteiger partial charge in [-0.3, -0.25) is 4.98 Å². The molecule has 2 fully saturated rings. The molecule has 1 aliphatic heterocycles. The number of hydrogen-bond acceptors (Lipinski definition) is 2. The second kappa shape index (κ2) is 8.06. The molecule has 6 rings (SSSR count). The van der Waals surface area contributed by atoms with Gasteiger partial charge in [-0.1, -0.05) is 49.2 Å². The van der Waals surface area contributed by atoms with Gasteiger partial charge in [-0.15, -0.1) is 0 Å². The second-order valence-electron chi connectivity index (χ2n) is 8.81. The Morgan fingerprint density at radius 3 is 2.50 bits per heavy atom. The van der Waals surface area contributed by atoms with E-state index in [-0.39, 0.29) is 12.1 Å². The van der Waals surface area contributed by atoms with Crippen LogP contribution in [-0.4, -0.2) is 25.6 Å². The molecule has 5 heteroatoms. The summed E-state index contributed by atoms with van der Waals surface area (Å²) in [7, 11) is 0. The van der Waals surface area contributed by atoms with Gasteiger partial charge in [-0.2, -0.15) is 0 Å². The van der Waals surface area contributed by atoms with Crippen molar-refractivity contribution >= 4 is 28.1 Å². The number of rotatable bonds is 4. The Labute approximate surface area is 193 Å². The minimum absolute atomic E-state index is 0.0263. The molecule has 1 aliphatic carbocycles. The Balaban J connectivity index is 1.48. The summed E-state index contributed by atoms with van der Waals surface area (Å²) < 4.78 is 2.32. The van der Waals surface area contributed by atoms with Crippen molar-refractivity contribution in [1.29, 1.82) is 0 Å². The number of nitrogens with one attached hydrogen (secondary N) is 1. The monoisotopic (exact) mass is 438 g/mol. The molecule has 4 aromatic rings. The van der Waals surface area contributed by atoms with Crippen LogP contribution in [0.5, 0.6) is 0 Å². The van der Waals surface area contributed by atoms with Crippen molar-refractivity contribution in [2.45, 2.75) is 43.8 Å². The first-order valence-corrected chi connectivity index (χ1v) is 11.9. The Kier molecular flexibility index (Phi) is 4.91. The van der Waals surface area contributed by atoms with E-state index in [1.54, 1.807) is 0 Å². The average Bonchev–Trinajstić information content (AvgIpc) is 3.59. The number of hydrogen-bond donors (Lipinski definition) is 1. The largest absolute Gasteiger partial charge is 0.352 e. The summed E-state index contributed by atoms with van der Waals surface area (Å²) in [6.07, 6.45) is 8.99. The van der Waals surface area contributed by atoms with Crippen LogP contribution in [0.25, 0.3) is 16.5 Å². The summed E-state index contributed by atoms with van der Waals surface area (Å²) in [5.74, 6) is 0. The molecule has 2 aromatic carbocycles. The summed E-state index contributed by atoms with van der Waals surface area (Å²) in [4.78, 5) is 7.17. The predicted molar refractivity (Wildman–Crippen MR) is 133 cm³/mol. The molecule has 160 valence electrons. The summed E-state index contributed by atoms with van der Waals surface area (Å²) in [5.41, 5.74) is 3.45. The van der Waals surface area contributed by atoms with Crippen LogP contribution in [0.3, 0.4) is 0 Å². The van der Waals surface area contributed by atoms with E-state index in [0.29, 0.717) is 6.04 Å². The van der Waals surface area contributed by atoms with E-state index in [9.17, 15) is 0 Å². The summed E-state index contributed by atoms with van der Waals surface area (Å²) in [6.45, 7) is 0. The maximum Gasteiger partial charge on any atom is 0.170 e. The van der Waals surface area contributed by atoms with E-state index < -0.39 is 0 Å². The molecular formula is C27H26N4S. The van der Waals surface area contributed by atoms with E-state index in [2.05, 4.69) is 87.7 Å². The standard InChI is InChI=1S/C27H26N4S/c32-27-29-25(23-12-5-6-16-28-23)26(31(27)21-10-3-4-11-21)24-13-7-17-30(24)22-15-14-19-8-1-2-9-20(19)18-22/h1-2,5-9,12-18,21,25-26H,3-4,10-11H2,(H,29,32). The SMILES string of the molecule is S=C1NC(c2ccccn2)C(c2cccn2-c2ccc3ccccc3c2)N1C1CCCC1. The molecule has 2 aliphatic rings. The zero-order chi connectivity index (χ0) is 21.5. The fourth-order valence-corrected chi connectivity index (χ4v) is 5.84. The number of nitrogens with zero attached hydrogens (tertiary/aromatic N) is 3. The van der Waals surface area contributed by atoms with Crippen LogP contribution in [0.2, 0.25) is 0 Å². The molecule has 1 N–H and O–H groups in total. The molecular weight excluding hydrogens is 412 g/mol. The first-order valence-electron chi connectivity index (χ1n) is 11.5. The third kappa shape index (κ3) is 3.28. The van der Waals surface area contributed by atoms with Crippen molar-refractivity contribution < 1.29 is 0 Å². The number of fused-ring (bicyclic) bond motifs is 1. The molecule has 0 bridgehead atoms. The topological polar surface area (TPSA) is 33.1 Å². The van der Waals surface area contributed by atoms with Gasteiger partial charge < -0.3 is 14.8 Å². The normalized spacial score (nSPS) is 21.4. The van der Waals surface area contributed by atoms with Crippen molar-refractivity contribution in [1.82, 2.24) is 19.8 Å². The maximum absolute atomic E-state index is 5.91. The number of benzene rings is 2. The minimum atomic E-state index is 0.0263. The van der Waals surface area contributed by atoms with E-state index in [4.69, 9.17) is 17.2 Å². The summed E-state index contributed by atoms with van der Waals surface area (Å²) in [6, 6.07) is 26.3. The van der Waals surface area contributed by atoms with Gasteiger partial charge in [-0.05, 0) is 72.2 Å². The van der Waals surface area contributed by atoms with Crippen LogP contribution in [0.4, 0.5) is 0 Å². The van der Waals surface area contributed by atoms with E-state index in [0.717, 1.165) is 10.8 Å². The number of aromatic nitrogens is 2.